The number of ether oxygens (including phenoxy) is 1. The second-order valence-electron chi connectivity index (χ2n) is 2.77. The molecule has 0 unspecified atom stereocenters. The fourth-order valence-corrected chi connectivity index (χ4v) is 2.14. The minimum Gasteiger partial charge on any atom is -0.465 e. The largest absolute Gasteiger partial charge is 0.504 e. The third kappa shape index (κ3) is 1.82. The second-order valence-corrected chi connectivity index (χ2v) is 3.88. The van der Waals surface area contributed by atoms with Gasteiger partial charge in [0.1, 0.15) is 4.88 Å². The van der Waals surface area contributed by atoms with Gasteiger partial charge in [0.25, 0.3) is 0 Å². The van der Waals surface area contributed by atoms with E-state index in [9.17, 15) is 4.79 Å². The summed E-state index contributed by atoms with van der Waals surface area (Å²) in [5.41, 5.74) is 0. The van der Waals surface area contributed by atoms with Gasteiger partial charge in [0.2, 0.25) is 0 Å². The van der Waals surface area contributed by atoms with Crippen LogP contribution in [-0.4, -0.2) is 33.4 Å². The van der Waals surface area contributed by atoms with Gasteiger partial charge in [0, 0.05) is 4.78 Å². The van der Waals surface area contributed by atoms with Gasteiger partial charge in [0.15, 0.2) is 0 Å². The average molecular weight is 212 g/mol. The molecule has 0 atom stereocenters. The summed E-state index contributed by atoms with van der Waals surface area (Å²) in [5.74, 6) is -0.320. The Balaban J connectivity index is 2.12. The van der Waals surface area contributed by atoms with Gasteiger partial charge in [-0.05, 0) is 6.07 Å². The van der Waals surface area contributed by atoms with Gasteiger partial charge in [-0.2, -0.15) is 0 Å². The van der Waals surface area contributed by atoms with Crippen LogP contribution in [0.3, 0.4) is 0 Å². The SMILES string of the molecule is COC(=O)c1ccc(B2OCCO2)s1. The predicted molar refractivity (Wildman–Crippen MR) is 53.0 cm³/mol. The molecule has 0 spiro atoms. The normalized spacial score (nSPS) is 15.9. The van der Waals surface area contributed by atoms with Crippen molar-refractivity contribution in [2.45, 2.75) is 0 Å². The number of thiophene rings is 1. The maximum atomic E-state index is 11.1. The van der Waals surface area contributed by atoms with Crippen molar-refractivity contribution in [1.29, 1.82) is 0 Å². The first-order chi connectivity index (χ1) is 6.81. The zero-order valence-electron chi connectivity index (χ0n) is 7.69. The lowest BCUT2D eigenvalue weighted by atomic mass is 9.89. The van der Waals surface area contributed by atoms with Crippen molar-refractivity contribution in [2.24, 2.45) is 0 Å². The van der Waals surface area contributed by atoms with E-state index in [1.807, 2.05) is 6.07 Å². The molecule has 14 heavy (non-hydrogen) atoms. The molecule has 1 aliphatic heterocycles. The lowest BCUT2D eigenvalue weighted by molar-refractivity contribution is 0.0606. The highest BCUT2D eigenvalue weighted by Crippen LogP contribution is 2.11. The maximum absolute atomic E-state index is 11.1. The number of esters is 1. The summed E-state index contributed by atoms with van der Waals surface area (Å²) in [5, 5.41) is 0. The number of hydrogen-bond acceptors (Lipinski definition) is 5. The number of carbonyl (C=O) groups excluding carboxylic acids is 1. The quantitative estimate of drug-likeness (QED) is 0.521. The molecule has 74 valence electrons. The van der Waals surface area contributed by atoms with Crippen molar-refractivity contribution in [3.05, 3.63) is 17.0 Å². The summed E-state index contributed by atoms with van der Waals surface area (Å²) in [6.07, 6.45) is 0. The molecule has 0 amide bonds. The fourth-order valence-electron chi connectivity index (χ4n) is 1.21. The van der Waals surface area contributed by atoms with Crippen molar-refractivity contribution in [3.8, 4) is 0 Å². The Bertz CT molecular complexity index is 332. The lowest BCUT2D eigenvalue weighted by Crippen LogP contribution is -2.28. The van der Waals surface area contributed by atoms with Gasteiger partial charge < -0.3 is 14.0 Å². The zero-order chi connectivity index (χ0) is 9.97. The summed E-state index contributed by atoms with van der Waals surface area (Å²) in [6.45, 7) is 1.21. The topological polar surface area (TPSA) is 44.8 Å². The van der Waals surface area contributed by atoms with E-state index in [4.69, 9.17) is 9.31 Å². The Morgan fingerprint density at radius 2 is 2.21 bits per heavy atom. The second kappa shape index (κ2) is 4.12. The molecule has 2 heterocycles. The zero-order valence-corrected chi connectivity index (χ0v) is 8.50. The van der Waals surface area contributed by atoms with E-state index >= 15 is 0 Å². The summed E-state index contributed by atoms with van der Waals surface area (Å²) < 4.78 is 16.1. The highest BCUT2D eigenvalue weighted by molar-refractivity contribution is 7.23. The smallest absolute Gasteiger partial charge is 0.465 e. The van der Waals surface area contributed by atoms with E-state index in [0.29, 0.717) is 18.1 Å². The van der Waals surface area contributed by atoms with Crippen LogP contribution in [0.25, 0.3) is 0 Å². The van der Waals surface area contributed by atoms with Gasteiger partial charge in [-0.1, -0.05) is 6.07 Å². The van der Waals surface area contributed by atoms with Crippen LogP contribution in [0.1, 0.15) is 9.67 Å². The predicted octanol–water partition coefficient (Wildman–Crippen LogP) is 0.277. The Labute approximate surface area is 85.9 Å². The fraction of sp³-hybridized carbons (Fsp3) is 0.375. The van der Waals surface area contributed by atoms with Gasteiger partial charge in [-0.15, -0.1) is 11.3 Å². The van der Waals surface area contributed by atoms with E-state index in [0.717, 1.165) is 4.78 Å². The molecule has 0 aliphatic carbocycles. The highest BCUT2D eigenvalue weighted by atomic mass is 32.1. The lowest BCUT2D eigenvalue weighted by Gasteiger charge is -1.98. The van der Waals surface area contributed by atoms with Crippen molar-refractivity contribution < 1.29 is 18.8 Å². The molecule has 1 aliphatic rings. The van der Waals surface area contributed by atoms with Crippen molar-refractivity contribution in [1.82, 2.24) is 0 Å². The van der Waals surface area contributed by atoms with E-state index in [-0.39, 0.29) is 13.1 Å². The maximum Gasteiger partial charge on any atom is 0.504 e. The average Bonchev–Trinajstić information content (AvgIpc) is 2.86. The van der Waals surface area contributed by atoms with E-state index in [1.54, 1.807) is 6.07 Å². The van der Waals surface area contributed by atoms with Crippen LogP contribution in [0.4, 0.5) is 0 Å². The molecular weight excluding hydrogens is 203 g/mol. The Morgan fingerprint density at radius 1 is 1.50 bits per heavy atom. The molecule has 6 heteroatoms. The van der Waals surface area contributed by atoms with Crippen LogP contribution in [0.5, 0.6) is 0 Å². The number of rotatable bonds is 2. The van der Waals surface area contributed by atoms with Crippen molar-refractivity contribution >= 4 is 29.2 Å². The standard InChI is InChI=1S/C8H9BO4S/c1-11-8(10)6-2-3-7(14-6)9-12-4-5-13-9/h2-3H,4-5H2,1H3. The third-order valence-corrected chi connectivity index (χ3v) is 2.95. The van der Waals surface area contributed by atoms with Crippen LogP contribution in [0.2, 0.25) is 0 Å². The first-order valence-corrected chi connectivity index (χ1v) is 5.04. The Hall–Kier alpha value is -0.845. The van der Waals surface area contributed by atoms with Gasteiger partial charge >= 0.3 is 13.1 Å². The van der Waals surface area contributed by atoms with Crippen molar-refractivity contribution in [3.63, 3.8) is 0 Å². The van der Waals surface area contributed by atoms with E-state index in [1.165, 1.54) is 18.4 Å². The Kier molecular flexibility index (Phi) is 2.86. The van der Waals surface area contributed by atoms with Crippen LogP contribution >= 0.6 is 11.3 Å². The molecule has 1 aromatic heterocycles. The summed E-state index contributed by atoms with van der Waals surface area (Å²) in [6, 6.07) is 3.55. The summed E-state index contributed by atoms with van der Waals surface area (Å²) in [4.78, 5) is 11.7. The first kappa shape index (κ1) is 9.70. The third-order valence-electron chi connectivity index (χ3n) is 1.87. The molecule has 1 aromatic rings. The number of hydrogen-bond donors (Lipinski definition) is 0. The molecule has 1 saturated heterocycles. The minimum atomic E-state index is -0.320. The van der Waals surface area contributed by atoms with Gasteiger partial charge in [0.05, 0.1) is 20.3 Å². The molecule has 4 nitrogen and oxygen atoms in total. The van der Waals surface area contributed by atoms with Gasteiger partial charge in [-0.3, -0.25) is 0 Å². The number of carbonyl (C=O) groups is 1. The molecule has 2 rings (SSSR count). The molecule has 0 N–H and O–H groups in total. The molecule has 0 saturated carbocycles. The number of methoxy groups -OCH3 is 1. The molecule has 0 radical (unpaired) electrons. The summed E-state index contributed by atoms with van der Waals surface area (Å²) >= 11 is 1.34. The molecule has 1 fully saturated rings. The monoisotopic (exact) mass is 212 g/mol. The first-order valence-electron chi connectivity index (χ1n) is 4.22. The van der Waals surface area contributed by atoms with Crippen molar-refractivity contribution in [2.75, 3.05) is 20.3 Å². The van der Waals surface area contributed by atoms with E-state index in [2.05, 4.69) is 4.74 Å². The van der Waals surface area contributed by atoms with Crippen LogP contribution in [0.15, 0.2) is 12.1 Å². The van der Waals surface area contributed by atoms with Crippen LogP contribution in [-0.2, 0) is 14.0 Å². The van der Waals surface area contributed by atoms with Gasteiger partial charge in [-0.25, -0.2) is 4.79 Å². The molecule has 0 bridgehead atoms. The highest BCUT2D eigenvalue weighted by Gasteiger charge is 2.28. The van der Waals surface area contributed by atoms with Crippen LogP contribution in [0, 0.1) is 0 Å². The van der Waals surface area contributed by atoms with Crippen LogP contribution < -0.4 is 4.78 Å². The minimum absolute atomic E-state index is 0.307. The summed E-state index contributed by atoms with van der Waals surface area (Å²) in [7, 11) is 1.06. The van der Waals surface area contributed by atoms with E-state index < -0.39 is 0 Å². The molecular formula is C8H9BO4S. The molecule has 0 aromatic carbocycles. The Morgan fingerprint density at radius 3 is 2.86 bits per heavy atom.